The standard InChI is InChI=1S/C16H17N5O/c1-4-17-5-2-12(1)22-14-3-6-20-16-15(14)13(9-21-16)11-7-18-10-19-8-11/h3,6-10,12,17H,1-2,4-5H2,(H,20,21). The third-order valence-electron chi connectivity index (χ3n) is 3.99. The molecular formula is C16H17N5O. The molecule has 6 heteroatoms. The molecule has 1 fully saturated rings. The van der Waals surface area contributed by atoms with Gasteiger partial charge in [0.25, 0.3) is 0 Å². The Bertz CT molecular complexity index is 765. The third-order valence-corrected chi connectivity index (χ3v) is 3.99. The summed E-state index contributed by atoms with van der Waals surface area (Å²) in [6, 6.07) is 1.94. The van der Waals surface area contributed by atoms with Gasteiger partial charge < -0.3 is 15.0 Å². The number of hydrogen-bond donors (Lipinski definition) is 2. The Hall–Kier alpha value is -2.47. The lowest BCUT2D eigenvalue weighted by molar-refractivity contribution is 0.164. The molecule has 0 amide bonds. The molecule has 112 valence electrons. The van der Waals surface area contributed by atoms with Crippen molar-refractivity contribution >= 4 is 11.0 Å². The van der Waals surface area contributed by atoms with Gasteiger partial charge in [-0.1, -0.05) is 0 Å². The molecule has 22 heavy (non-hydrogen) atoms. The van der Waals surface area contributed by atoms with E-state index in [4.69, 9.17) is 4.74 Å². The van der Waals surface area contributed by atoms with Crippen LogP contribution < -0.4 is 10.1 Å². The first-order valence-corrected chi connectivity index (χ1v) is 7.50. The van der Waals surface area contributed by atoms with Crippen LogP contribution in [0.4, 0.5) is 0 Å². The van der Waals surface area contributed by atoms with Crippen LogP contribution in [0.25, 0.3) is 22.2 Å². The van der Waals surface area contributed by atoms with Crippen molar-refractivity contribution in [3.8, 4) is 16.9 Å². The van der Waals surface area contributed by atoms with Crippen molar-refractivity contribution in [1.82, 2.24) is 25.3 Å². The molecule has 0 radical (unpaired) electrons. The summed E-state index contributed by atoms with van der Waals surface area (Å²) in [4.78, 5) is 15.8. The van der Waals surface area contributed by atoms with E-state index in [2.05, 4.69) is 25.3 Å². The average Bonchev–Trinajstić information content (AvgIpc) is 3.02. The summed E-state index contributed by atoms with van der Waals surface area (Å²) in [5.41, 5.74) is 2.80. The molecule has 4 rings (SSSR count). The van der Waals surface area contributed by atoms with E-state index in [0.29, 0.717) is 0 Å². The predicted molar refractivity (Wildman–Crippen MR) is 83.6 cm³/mol. The number of ether oxygens (including phenoxy) is 1. The van der Waals surface area contributed by atoms with Crippen molar-refractivity contribution in [2.45, 2.75) is 18.9 Å². The number of H-pyrrole nitrogens is 1. The number of rotatable bonds is 3. The fourth-order valence-corrected chi connectivity index (χ4v) is 2.88. The van der Waals surface area contributed by atoms with Gasteiger partial charge in [0, 0.05) is 35.9 Å². The molecule has 0 aliphatic carbocycles. The number of nitrogens with zero attached hydrogens (tertiary/aromatic N) is 3. The van der Waals surface area contributed by atoms with E-state index in [1.807, 2.05) is 12.3 Å². The molecule has 1 aliphatic heterocycles. The second kappa shape index (κ2) is 5.73. The van der Waals surface area contributed by atoms with Crippen LogP contribution in [-0.2, 0) is 0 Å². The molecule has 0 unspecified atom stereocenters. The van der Waals surface area contributed by atoms with E-state index < -0.39 is 0 Å². The topological polar surface area (TPSA) is 75.7 Å². The lowest BCUT2D eigenvalue weighted by Gasteiger charge is -2.24. The molecule has 0 saturated carbocycles. The summed E-state index contributed by atoms with van der Waals surface area (Å²) >= 11 is 0. The molecule has 0 bridgehead atoms. The maximum atomic E-state index is 6.25. The Morgan fingerprint density at radius 2 is 1.95 bits per heavy atom. The molecule has 3 aromatic rings. The molecule has 1 aliphatic rings. The molecule has 2 N–H and O–H groups in total. The Labute approximate surface area is 128 Å². The highest BCUT2D eigenvalue weighted by atomic mass is 16.5. The molecule has 0 spiro atoms. The Kier molecular flexibility index (Phi) is 3.44. The van der Waals surface area contributed by atoms with E-state index in [1.54, 1.807) is 18.6 Å². The Balaban J connectivity index is 1.76. The number of hydrogen-bond acceptors (Lipinski definition) is 5. The normalized spacial score (nSPS) is 16.0. The van der Waals surface area contributed by atoms with Crippen LogP contribution in [0, 0.1) is 0 Å². The van der Waals surface area contributed by atoms with Gasteiger partial charge in [-0.3, -0.25) is 0 Å². The van der Waals surface area contributed by atoms with E-state index in [9.17, 15) is 0 Å². The van der Waals surface area contributed by atoms with Crippen molar-refractivity contribution < 1.29 is 4.74 Å². The van der Waals surface area contributed by atoms with E-state index in [0.717, 1.165) is 53.8 Å². The fourth-order valence-electron chi connectivity index (χ4n) is 2.88. The van der Waals surface area contributed by atoms with Gasteiger partial charge in [-0.2, -0.15) is 0 Å². The van der Waals surface area contributed by atoms with Gasteiger partial charge in [-0.15, -0.1) is 0 Å². The summed E-state index contributed by atoms with van der Waals surface area (Å²) in [5.74, 6) is 0.872. The minimum atomic E-state index is 0.252. The van der Waals surface area contributed by atoms with Crippen molar-refractivity contribution in [2.75, 3.05) is 13.1 Å². The lowest BCUT2D eigenvalue weighted by Crippen LogP contribution is -2.34. The van der Waals surface area contributed by atoms with Gasteiger partial charge >= 0.3 is 0 Å². The number of piperidine rings is 1. The highest BCUT2D eigenvalue weighted by Gasteiger charge is 2.18. The van der Waals surface area contributed by atoms with Crippen molar-refractivity contribution in [3.05, 3.63) is 37.2 Å². The summed E-state index contributed by atoms with van der Waals surface area (Å²) in [6.07, 6.45) is 11.2. The molecule has 6 nitrogen and oxygen atoms in total. The van der Waals surface area contributed by atoms with E-state index in [-0.39, 0.29) is 6.10 Å². The van der Waals surface area contributed by atoms with E-state index in [1.165, 1.54) is 6.33 Å². The van der Waals surface area contributed by atoms with Crippen LogP contribution in [0.3, 0.4) is 0 Å². The van der Waals surface area contributed by atoms with Gasteiger partial charge in [0.2, 0.25) is 0 Å². The van der Waals surface area contributed by atoms with Crippen LogP contribution in [0.2, 0.25) is 0 Å². The van der Waals surface area contributed by atoms with Crippen LogP contribution in [-0.4, -0.2) is 39.1 Å². The summed E-state index contributed by atoms with van der Waals surface area (Å²) < 4.78 is 6.25. The zero-order chi connectivity index (χ0) is 14.8. The zero-order valence-corrected chi connectivity index (χ0v) is 12.1. The van der Waals surface area contributed by atoms with Crippen molar-refractivity contribution in [2.24, 2.45) is 0 Å². The summed E-state index contributed by atoms with van der Waals surface area (Å²) in [6.45, 7) is 2.01. The van der Waals surface area contributed by atoms with Crippen LogP contribution in [0.1, 0.15) is 12.8 Å². The third kappa shape index (κ3) is 2.42. The van der Waals surface area contributed by atoms with Gasteiger partial charge in [0.05, 0.1) is 5.39 Å². The minimum absolute atomic E-state index is 0.252. The summed E-state index contributed by atoms with van der Waals surface area (Å²) in [7, 11) is 0. The number of pyridine rings is 1. The number of nitrogens with one attached hydrogen (secondary N) is 2. The maximum absolute atomic E-state index is 6.25. The van der Waals surface area contributed by atoms with Crippen LogP contribution in [0.5, 0.6) is 5.75 Å². The Morgan fingerprint density at radius 3 is 2.77 bits per heavy atom. The largest absolute Gasteiger partial charge is 0.489 e. The van der Waals surface area contributed by atoms with Gasteiger partial charge in [-0.05, 0) is 32.0 Å². The van der Waals surface area contributed by atoms with Gasteiger partial charge in [0.15, 0.2) is 0 Å². The van der Waals surface area contributed by atoms with Crippen LogP contribution >= 0.6 is 0 Å². The van der Waals surface area contributed by atoms with Crippen LogP contribution in [0.15, 0.2) is 37.2 Å². The maximum Gasteiger partial charge on any atom is 0.141 e. The SMILES string of the molecule is c1ncc(-c2c[nH]c3nccc(OC4CCNCC4)c23)cn1. The molecular weight excluding hydrogens is 278 g/mol. The first kappa shape index (κ1) is 13.2. The first-order valence-electron chi connectivity index (χ1n) is 7.50. The quantitative estimate of drug-likeness (QED) is 0.774. The fraction of sp³-hybridized carbons (Fsp3) is 0.312. The van der Waals surface area contributed by atoms with Gasteiger partial charge in [0.1, 0.15) is 23.8 Å². The number of aromatic nitrogens is 4. The second-order valence-electron chi connectivity index (χ2n) is 5.43. The van der Waals surface area contributed by atoms with Crippen molar-refractivity contribution in [1.29, 1.82) is 0 Å². The lowest BCUT2D eigenvalue weighted by atomic mass is 10.1. The Morgan fingerprint density at radius 1 is 1.14 bits per heavy atom. The molecule has 4 heterocycles. The minimum Gasteiger partial charge on any atom is -0.489 e. The molecule has 0 atom stereocenters. The van der Waals surface area contributed by atoms with E-state index >= 15 is 0 Å². The molecule has 0 aromatic carbocycles. The smallest absolute Gasteiger partial charge is 0.141 e. The highest BCUT2D eigenvalue weighted by molar-refractivity contribution is 5.97. The number of fused-ring (bicyclic) bond motifs is 1. The monoisotopic (exact) mass is 295 g/mol. The van der Waals surface area contributed by atoms with Crippen molar-refractivity contribution in [3.63, 3.8) is 0 Å². The summed E-state index contributed by atoms with van der Waals surface area (Å²) in [5, 5.41) is 4.35. The zero-order valence-electron chi connectivity index (χ0n) is 12.1. The molecule has 3 aromatic heterocycles. The number of aromatic amines is 1. The molecule has 1 saturated heterocycles. The predicted octanol–water partition coefficient (Wildman–Crippen LogP) is 2.15. The van der Waals surface area contributed by atoms with Gasteiger partial charge in [-0.25, -0.2) is 15.0 Å². The second-order valence-corrected chi connectivity index (χ2v) is 5.43. The highest BCUT2D eigenvalue weighted by Crippen LogP contribution is 2.34. The first-order chi connectivity index (χ1) is 10.9. The average molecular weight is 295 g/mol.